The summed E-state index contributed by atoms with van der Waals surface area (Å²) < 4.78 is 0. The Morgan fingerprint density at radius 1 is 1.27 bits per heavy atom. The van der Waals surface area contributed by atoms with Gasteiger partial charge in [-0.2, -0.15) is 0 Å². The molecule has 1 saturated carbocycles. The molecular formula is C10H11NO4. The third-order valence-corrected chi connectivity index (χ3v) is 2.67. The van der Waals surface area contributed by atoms with Crippen LogP contribution in [0.25, 0.3) is 0 Å². The third-order valence-electron chi connectivity index (χ3n) is 2.67. The third kappa shape index (κ3) is 1.50. The van der Waals surface area contributed by atoms with Crippen LogP contribution >= 0.6 is 0 Å². The van der Waals surface area contributed by atoms with Gasteiger partial charge in [0.1, 0.15) is 0 Å². The summed E-state index contributed by atoms with van der Waals surface area (Å²) in [4.78, 5) is 10.9. The fourth-order valence-electron chi connectivity index (χ4n) is 1.57. The molecule has 0 saturated heterocycles. The van der Waals surface area contributed by atoms with Crippen molar-refractivity contribution in [2.45, 2.75) is 18.4 Å². The molecule has 2 rings (SSSR count). The molecule has 80 valence electrons. The molecule has 0 spiro atoms. The second-order valence-electron chi connectivity index (χ2n) is 3.85. The fraction of sp³-hybridized carbons (Fsp3) is 0.300. The number of aromatic carboxylic acids is 1. The van der Waals surface area contributed by atoms with Crippen LogP contribution < -0.4 is 5.73 Å². The van der Waals surface area contributed by atoms with Gasteiger partial charge in [0, 0.05) is 5.54 Å². The van der Waals surface area contributed by atoms with Gasteiger partial charge in [0.05, 0.1) is 5.56 Å². The molecule has 0 aromatic heterocycles. The number of phenols is 2. The first-order valence-electron chi connectivity index (χ1n) is 4.53. The lowest BCUT2D eigenvalue weighted by Crippen LogP contribution is -2.22. The quantitative estimate of drug-likeness (QED) is 0.538. The standard InChI is InChI=1S/C10H11NO4/c11-10(1-2-10)6-4-8(13)7(12)3-5(6)9(14)15/h3-4,12-13H,1-2,11H2,(H,14,15). The Morgan fingerprint density at radius 2 is 1.80 bits per heavy atom. The minimum Gasteiger partial charge on any atom is -0.504 e. The molecule has 1 aliphatic carbocycles. The molecule has 15 heavy (non-hydrogen) atoms. The van der Waals surface area contributed by atoms with Crippen molar-refractivity contribution in [2.24, 2.45) is 5.73 Å². The number of carboxylic acid groups (broad SMARTS) is 1. The van der Waals surface area contributed by atoms with Crippen molar-refractivity contribution in [2.75, 3.05) is 0 Å². The highest BCUT2D eigenvalue weighted by atomic mass is 16.4. The molecule has 5 nitrogen and oxygen atoms in total. The van der Waals surface area contributed by atoms with Crippen LogP contribution in [0.2, 0.25) is 0 Å². The lowest BCUT2D eigenvalue weighted by Gasteiger charge is -2.13. The van der Waals surface area contributed by atoms with Crippen molar-refractivity contribution in [3.63, 3.8) is 0 Å². The Morgan fingerprint density at radius 3 is 2.27 bits per heavy atom. The van der Waals surface area contributed by atoms with Gasteiger partial charge >= 0.3 is 5.97 Å². The zero-order chi connectivity index (χ0) is 11.2. The summed E-state index contributed by atoms with van der Waals surface area (Å²) >= 11 is 0. The molecule has 0 bridgehead atoms. The highest BCUT2D eigenvalue weighted by molar-refractivity contribution is 5.91. The van der Waals surface area contributed by atoms with Crippen LogP contribution in [0.1, 0.15) is 28.8 Å². The maximum Gasteiger partial charge on any atom is 0.336 e. The van der Waals surface area contributed by atoms with Crippen LogP contribution in [0.15, 0.2) is 12.1 Å². The zero-order valence-electron chi connectivity index (χ0n) is 7.90. The predicted molar refractivity (Wildman–Crippen MR) is 51.8 cm³/mol. The SMILES string of the molecule is NC1(c2cc(O)c(O)cc2C(=O)O)CC1. The van der Waals surface area contributed by atoms with Gasteiger partial charge in [-0.3, -0.25) is 0 Å². The number of carboxylic acids is 1. The van der Waals surface area contributed by atoms with Crippen LogP contribution in [0, 0.1) is 0 Å². The Bertz CT molecular complexity index is 437. The van der Waals surface area contributed by atoms with Crippen LogP contribution in [0.4, 0.5) is 0 Å². The molecule has 1 aliphatic rings. The van der Waals surface area contributed by atoms with Crippen molar-refractivity contribution in [3.05, 3.63) is 23.3 Å². The van der Waals surface area contributed by atoms with Crippen molar-refractivity contribution >= 4 is 5.97 Å². The van der Waals surface area contributed by atoms with E-state index in [-0.39, 0.29) is 11.3 Å². The van der Waals surface area contributed by atoms with Gasteiger partial charge in [-0.15, -0.1) is 0 Å². The van der Waals surface area contributed by atoms with Gasteiger partial charge in [-0.25, -0.2) is 4.79 Å². The average Bonchev–Trinajstić information content (AvgIpc) is 2.88. The molecule has 1 fully saturated rings. The smallest absolute Gasteiger partial charge is 0.336 e. The molecule has 1 aromatic rings. The molecule has 0 aliphatic heterocycles. The molecule has 0 unspecified atom stereocenters. The van der Waals surface area contributed by atoms with E-state index in [0.29, 0.717) is 18.4 Å². The van der Waals surface area contributed by atoms with Gasteiger partial charge < -0.3 is 21.1 Å². The van der Waals surface area contributed by atoms with Crippen LogP contribution in [-0.2, 0) is 5.54 Å². The van der Waals surface area contributed by atoms with Gasteiger partial charge in [0.25, 0.3) is 0 Å². The van der Waals surface area contributed by atoms with E-state index in [1.165, 1.54) is 6.07 Å². The number of rotatable bonds is 2. The van der Waals surface area contributed by atoms with Crippen molar-refractivity contribution in [3.8, 4) is 11.5 Å². The van der Waals surface area contributed by atoms with E-state index in [9.17, 15) is 15.0 Å². The number of hydrogen-bond donors (Lipinski definition) is 4. The van der Waals surface area contributed by atoms with Gasteiger partial charge in [0.15, 0.2) is 11.5 Å². The molecular weight excluding hydrogens is 198 g/mol. The van der Waals surface area contributed by atoms with Crippen molar-refractivity contribution in [1.29, 1.82) is 0 Å². The van der Waals surface area contributed by atoms with E-state index in [1.54, 1.807) is 0 Å². The van der Waals surface area contributed by atoms with E-state index >= 15 is 0 Å². The number of hydrogen-bond acceptors (Lipinski definition) is 4. The van der Waals surface area contributed by atoms with Crippen LogP contribution in [0.3, 0.4) is 0 Å². The van der Waals surface area contributed by atoms with Gasteiger partial charge in [-0.05, 0) is 30.5 Å². The van der Waals surface area contributed by atoms with E-state index in [0.717, 1.165) is 6.07 Å². The largest absolute Gasteiger partial charge is 0.504 e. The number of nitrogens with two attached hydrogens (primary N) is 1. The summed E-state index contributed by atoms with van der Waals surface area (Å²) in [5.41, 5.74) is 5.54. The fourth-order valence-corrected chi connectivity index (χ4v) is 1.57. The van der Waals surface area contributed by atoms with E-state index in [4.69, 9.17) is 10.8 Å². The predicted octanol–water partition coefficient (Wildman–Crippen LogP) is 0.744. The Hall–Kier alpha value is -1.75. The van der Waals surface area contributed by atoms with Gasteiger partial charge in [0.2, 0.25) is 0 Å². The molecule has 0 atom stereocenters. The number of phenolic OH excluding ortho intramolecular Hbond substituents is 2. The van der Waals surface area contributed by atoms with E-state index in [1.807, 2.05) is 0 Å². The summed E-state index contributed by atoms with van der Waals surface area (Å²) in [6, 6.07) is 2.26. The Labute approximate surface area is 85.8 Å². The monoisotopic (exact) mass is 209 g/mol. The minimum absolute atomic E-state index is 0.0506. The molecule has 5 N–H and O–H groups in total. The molecule has 0 heterocycles. The molecule has 5 heteroatoms. The molecule has 0 amide bonds. The molecule has 0 radical (unpaired) electrons. The van der Waals surface area contributed by atoms with E-state index < -0.39 is 17.3 Å². The zero-order valence-corrected chi connectivity index (χ0v) is 7.90. The van der Waals surface area contributed by atoms with Gasteiger partial charge in [-0.1, -0.05) is 0 Å². The van der Waals surface area contributed by atoms with E-state index in [2.05, 4.69) is 0 Å². The van der Waals surface area contributed by atoms with Crippen molar-refractivity contribution in [1.82, 2.24) is 0 Å². The first kappa shape index (κ1) is 9.79. The summed E-state index contributed by atoms with van der Waals surface area (Å²) in [6.45, 7) is 0. The minimum atomic E-state index is -1.16. The summed E-state index contributed by atoms with van der Waals surface area (Å²) in [6.07, 6.45) is 1.38. The topological polar surface area (TPSA) is 104 Å². The van der Waals surface area contributed by atoms with Crippen LogP contribution in [0.5, 0.6) is 11.5 Å². The number of carbonyl (C=O) groups is 1. The second kappa shape index (κ2) is 2.87. The number of aromatic hydroxyl groups is 2. The lowest BCUT2D eigenvalue weighted by atomic mass is 9.98. The highest BCUT2D eigenvalue weighted by Crippen LogP contribution is 2.46. The molecule has 1 aromatic carbocycles. The summed E-state index contributed by atoms with van der Waals surface area (Å²) in [5.74, 6) is -1.94. The average molecular weight is 209 g/mol. The second-order valence-corrected chi connectivity index (χ2v) is 3.85. The number of benzene rings is 1. The first-order valence-corrected chi connectivity index (χ1v) is 4.53. The van der Waals surface area contributed by atoms with Crippen molar-refractivity contribution < 1.29 is 20.1 Å². The first-order chi connectivity index (χ1) is 6.94. The maximum absolute atomic E-state index is 10.9. The summed E-state index contributed by atoms with van der Waals surface area (Å²) in [5, 5.41) is 27.4. The Kier molecular flexibility index (Phi) is 1.87. The maximum atomic E-state index is 10.9. The summed E-state index contributed by atoms with van der Waals surface area (Å²) in [7, 11) is 0. The normalized spacial score (nSPS) is 17.4. The Balaban J connectivity index is 2.61. The highest BCUT2D eigenvalue weighted by Gasteiger charge is 2.43. The lowest BCUT2D eigenvalue weighted by molar-refractivity contribution is 0.0694. The van der Waals surface area contributed by atoms with Crippen LogP contribution in [-0.4, -0.2) is 21.3 Å².